The molecule has 0 aliphatic rings. The molecule has 0 aliphatic carbocycles. The van der Waals surface area contributed by atoms with E-state index in [0.29, 0.717) is 0 Å². The zero-order valence-electron chi connectivity index (χ0n) is 24.8. The van der Waals surface area contributed by atoms with Crippen LogP contribution in [0.1, 0.15) is 169 Å². The summed E-state index contributed by atoms with van der Waals surface area (Å²) in [7, 11) is 0. The summed E-state index contributed by atoms with van der Waals surface area (Å²) in [5.74, 6) is -1.49. The average molecular weight is 519 g/mol. The first-order valence-electron chi connectivity index (χ1n) is 15.2. The Kier molecular flexibility index (Phi) is 51.2. The maximum atomic E-state index is 9.37. The highest BCUT2D eigenvalue weighted by Crippen LogP contribution is 2.10. The fourth-order valence-electron chi connectivity index (χ4n) is 3.26. The van der Waals surface area contributed by atoms with Crippen LogP contribution in [-0.4, -0.2) is 35.2 Å². The van der Waals surface area contributed by atoms with Gasteiger partial charge in [0.15, 0.2) is 0 Å². The van der Waals surface area contributed by atoms with Gasteiger partial charge in [-0.3, -0.25) is 9.59 Å². The molecule has 0 fully saturated rings. The van der Waals surface area contributed by atoms with Crippen LogP contribution in [-0.2, 0) is 9.59 Å². The van der Waals surface area contributed by atoms with Crippen LogP contribution in [0.15, 0.2) is 0 Å². The molecule has 0 aromatic heterocycles. The van der Waals surface area contributed by atoms with Crippen molar-refractivity contribution in [3.63, 3.8) is 0 Å². The average Bonchev–Trinajstić information content (AvgIpc) is 2.88. The smallest absolute Gasteiger partial charge is 0.303 e. The van der Waals surface area contributed by atoms with Gasteiger partial charge in [-0.25, -0.2) is 0 Å². The van der Waals surface area contributed by atoms with Crippen molar-refractivity contribution in [3.8, 4) is 0 Å². The number of hydrogen-bond donors (Lipinski definition) is 4. The third kappa shape index (κ3) is 63.8. The molecule has 0 spiro atoms. The molecule has 0 rings (SSSR count). The topological polar surface area (TPSA) is 127 Å². The minimum atomic E-state index is -0.745. The van der Waals surface area contributed by atoms with Gasteiger partial charge in [0.25, 0.3) is 0 Å². The van der Waals surface area contributed by atoms with E-state index in [1.165, 1.54) is 128 Å². The summed E-state index contributed by atoms with van der Waals surface area (Å²) in [5.41, 5.74) is 10.8. The first-order chi connectivity index (χ1) is 17.4. The van der Waals surface area contributed by atoms with Gasteiger partial charge in [0, 0.05) is 12.8 Å². The van der Waals surface area contributed by atoms with Crippen molar-refractivity contribution in [1.29, 1.82) is 0 Å². The van der Waals surface area contributed by atoms with Crippen LogP contribution in [0.5, 0.6) is 0 Å². The molecule has 0 aromatic rings. The number of aliphatic carboxylic acids is 2. The minimum Gasteiger partial charge on any atom is -0.481 e. The first-order valence-corrected chi connectivity index (χ1v) is 15.2. The Balaban J connectivity index is -0.000000208. The van der Waals surface area contributed by atoms with Crippen molar-refractivity contribution in [2.75, 3.05) is 13.1 Å². The number of rotatable bonds is 22. The summed E-state index contributed by atoms with van der Waals surface area (Å²) in [5, 5.41) is 15.4. The molecule has 220 valence electrons. The van der Waals surface area contributed by atoms with E-state index in [-0.39, 0.29) is 12.8 Å². The molecule has 0 heterocycles. The molecule has 0 bridgehead atoms. The molecule has 0 radical (unpaired) electrons. The van der Waals surface area contributed by atoms with Gasteiger partial charge in [-0.15, -0.1) is 0 Å². The van der Waals surface area contributed by atoms with Crippen molar-refractivity contribution >= 4 is 11.9 Å². The van der Waals surface area contributed by atoms with E-state index in [2.05, 4.69) is 13.8 Å². The molecule has 0 atom stereocenters. The van der Waals surface area contributed by atoms with Gasteiger partial charge < -0.3 is 21.7 Å². The molecule has 0 unspecified atom stereocenters. The number of carboxylic acids is 2. The first kappa shape index (κ1) is 42.0. The van der Waals surface area contributed by atoms with Crippen molar-refractivity contribution in [3.05, 3.63) is 0 Å². The van der Waals surface area contributed by atoms with Crippen LogP contribution in [0.2, 0.25) is 0 Å². The van der Waals surface area contributed by atoms with Crippen LogP contribution in [0.25, 0.3) is 0 Å². The zero-order valence-corrected chi connectivity index (χ0v) is 24.8. The van der Waals surface area contributed by atoms with Crippen LogP contribution >= 0.6 is 0 Å². The third-order valence-corrected chi connectivity index (χ3v) is 5.72. The largest absolute Gasteiger partial charge is 0.481 e. The Labute approximate surface area is 225 Å². The molecular weight excluding hydrogens is 452 g/mol. The fraction of sp³-hybridized carbons (Fsp3) is 0.933. The lowest BCUT2D eigenvalue weighted by Gasteiger charge is -2.00. The van der Waals surface area contributed by atoms with E-state index in [1.807, 2.05) is 0 Å². The Bertz CT molecular complexity index is 337. The molecule has 6 nitrogen and oxygen atoms in total. The van der Waals surface area contributed by atoms with Crippen LogP contribution in [0.4, 0.5) is 0 Å². The van der Waals surface area contributed by atoms with Gasteiger partial charge in [-0.1, -0.05) is 143 Å². The maximum absolute atomic E-state index is 9.37. The van der Waals surface area contributed by atoms with Crippen LogP contribution in [0, 0.1) is 0 Å². The molecule has 0 aromatic carbocycles. The predicted molar refractivity (Wildman–Crippen MR) is 158 cm³/mol. The second-order valence-corrected chi connectivity index (χ2v) is 9.44. The lowest BCUT2D eigenvalue weighted by atomic mass is 10.1. The summed E-state index contributed by atoms with van der Waals surface area (Å²) >= 11 is 0. The molecule has 0 saturated heterocycles. The Hall–Kier alpha value is -1.14. The van der Waals surface area contributed by atoms with Crippen molar-refractivity contribution in [1.82, 2.24) is 0 Å². The SMILES string of the molecule is CCC(=O)O.CCC(=O)O.CCCCCCCCCCCCN.CCCCCCCCCCCCN. The Morgan fingerprint density at radius 3 is 0.722 bits per heavy atom. The Morgan fingerprint density at radius 1 is 0.417 bits per heavy atom. The van der Waals surface area contributed by atoms with Gasteiger partial charge >= 0.3 is 11.9 Å². The number of hydrogen-bond acceptors (Lipinski definition) is 4. The van der Waals surface area contributed by atoms with E-state index in [1.54, 1.807) is 13.8 Å². The van der Waals surface area contributed by atoms with Crippen LogP contribution < -0.4 is 11.5 Å². The highest BCUT2D eigenvalue weighted by atomic mass is 16.4. The summed E-state index contributed by atoms with van der Waals surface area (Å²) in [6.45, 7) is 9.48. The van der Waals surface area contributed by atoms with Crippen molar-refractivity contribution < 1.29 is 19.8 Å². The van der Waals surface area contributed by atoms with Gasteiger partial charge in [0.2, 0.25) is 0 Å². The lowest BCUT2D eigenvalue weighted by molar-refractivity contribution is -0.137. The van der Waals surface area contributed by atoms with E-state index in [4.69, 9.17) is 21.7 Å². The second-order valence-electron chi connectivity index (χ2n) is 9.44. The predicted octanol–water partition coefficient (Wildman–Crippen LogP) is 8.69. The lowest BCUT2D eigenvalue weighted by Crippen LogP contribution is -1.97. The molecule has 0 aliphatic heterocycles. The molecule has 6 heteroatoms. The van der Waals surface area contributed by atoms with Gasteiger partial charge in [0.1, 0.15) is 0 Å². The quantitative estimate of drug-likeness (QED) is 0.106. The van der Waals surface area contributed by atoms with E-state index in [9.17, 15) is 9.59 Å². The van der Waals surface area contributed by atoms with E-state index < -0.39 is 11.9 Å². The van der Waals surface area contributed by atoms with Crippen LogP contribution in [0.3, 0.4) is 0 Å². The molecule has 0 amide bonds. The van der Waals surface area contributed by atoms with Gasteiger partial charge in [-0.05, 0) is 25.9 Å². The monoisotopic (exact) mass is 519 g/mol. The molecule has 36 heavy (non-hydrogen) atoms. The Morgan fingerprint density at radius 2 is 0.583 bits per heavy atom. The number of carboxylic acid groups (broad SMARTS) is 2. The number of carbonyl (C=O) groups is 2. The summed E-state index contributed by atoms with van der Waals surface area (Å²) < 4.78 is 0. The summed E-state index contributed by atoms with van der Waals surface area (Å²) in [6, 6.07) is 0. The normalized spacial score (nSPS) is 9.72. The highest BCUT2D eigenvalue weighted by molar-refractivity contribution is 5.66. The third-order valence-electron chi connectivity index (χ3n) is 5.72. The van der Waals surface area contributed by atoms with Gasteiger partial charge in [0.05, 0.1) is 0 Å². The van der Waals surface area contributed by atoms with Gasteiger partial charge in [-0.2, -0.15) is 0 Å². The maximum Gasteiger partial charge on any atom is 0.303 e. The number of nitrogens with two attached hydrogens (primary N) is 2. The molecule has 6 N–H and O–H groups in total. The van der Waals surface area contributed by atoms with Crippen molar-refractivity contribution in [2.45, 2.75) is 169 Å². The highest BCUT2D eigenvalue weighted by Gasteiger charge is 1.92. The zero-order chi connectivity index (χ0) is 28.1. The van der Waals surface area contributed by atoms with Crippen molar-refractivity contribution in [2.24, 2.45) is 11.5 Å². The minimum absolute atomic E-state index is 0.222. The summed E-state index contributed by atoms with van der Waals surface area (Å²) in [4.78, 5) is 18.7. The number of unbranched alkanes of at least 4 members (excludes halogenated alkanes) is 18. The molecule has 0 saturated carbocycles. The second kappa shape index (κ2) is 43.9. The standard InChI is InChI=1S/2C12H27N.2C3H6O2/c2*1-2-3-4-5-6-7-8-9-10-11-12-13;2*1-2-3(4)5/h2*2-13H2,1H3;2*2H2,1H3,(H,4,5). The molecular formula is C30H66N2O4. The van der Waals surface area contributed by atoms with E-state index >= 15 is 0 Å². The fourth-order valence-corrected chi connectivity index (χ4v) is 3.26. The van der Waals surface area contributed by atoms with E-state index in [0.717, 1.165) is 13.1 Å². The summed E-state index contributed by atoms with van der Waals surface area (Å²) in [6.07, 6.45) is 28.3.